The number of likely N-dealkylation sites (tertiary alicyclic amines) is 1. The van der Waals surface area contributed by atoms with Gasteiger partial charge >= 0.3 is 0 Å². The zero-order valence-corrected chi connectivity index (χ0v) is 9.86. The van der Waals surface area contributed by atoms with Gasteiger partial charge in [0.2, 0.25) is 0 Å². The van der Waals surface area contributed by atoms with Gasteiger partial charge in [0.1, 0.15) is 5.82 Å². The first-order valence-electron chi connectivity index (χ1n) is 6.06. The lowest BCUT2D eigenvalue weighted by atomic mass is 9.92. The number of rotatable bonds is 1. The van der Waals surface area contributed by atoms with Gasteiger partial charge in [-0.25, -0.2) is 4.39 Å². The third-order valence-electron chi connectivity index (χ3n) is 3.59. The third kappa shape index (κ3) is 1.80. The van der Waals surface area contributed by atoms with Crippen LogP contribution < -0.4 is 0 Å². The van der Waals surface area contributed by atoms with Crippen molar-refractivity contribution in [2.75, 3.05) is 13.1 Å². The van der Waals surface area contributed by atoms with Gasteiger partial charge in [0, 0.05) is 36.2 Å². The highest BCUT2D eigenvalue weighted by atomic mass is 19.1. The van der Waals surface area contributed by atoms with Crippen LogP contribution in [0.25, 0.3) is 10.9 Å². The molecule has 0 aliphatic carbocycles. The minimum Gasteiger partial charge on any atom is -0.311 e. The Balaban J connectivity index is 1.89. The van der Waals surface area contributed by atoms with E-state index < -0.39 is 0 Å². The molecule has 1 fully saturated rings. The van der Waals surface area contributed by atoms with Gasteiger partial charge in [-0.15, -0.1) is 0 Å². The fraction of sp³-hybridized carbons (Fsp3) is 0.385. The molecule has 0 unspecified atom stereocenters. The van der Waals surface area contributed by atoms with Crippen LogP contribution >= 0.6 is 0 Å². The van der Waals surface area contributed by atoms with Gasteiger partial charge in [-0.1, -0.05) is 0 Å². The SMILES string of the molecule is N#CN1CCC(c2[nH]nc3cc(F)ccc23)CC1. The largest absolute Gasteiger partial charge is 0.311 e. The van der Waals surface area contributed by atoms with Crippen molar-refractivity contribution >= 4 is 10.9 Å². The predicted octanol–water partition coefficient (Wildman–Crippen LogP) is 2.36. The first kappa shape index (κ1) is 11.0. The van der Waals surface area contributed by atoms with E-state index >= 15 is 0 Å². The molecule has 2 aromatic rings. The number of piperidine rings is 1. The smallest absolute Gasteiger partial charge is 0.179 e. The second-order valence-electron chi connectivity index (χ2n) is 4.66. The zero-order valence-electron chi connectivity index (χ0n) is 9.86. The van der Waals surface area contributed by atoms with Gasteiger partial charge < -0.3 is 4.90 Å². The lowest BCUT2D eigenvalue weighted by Gasteiger charge is -2.27. The molecule has 0 bridgehead atoms. The molecule has 92 valence electrons. The van der Waals surface area contributed by atoms with E-state index in [-0.39, 0.29) is 5.82 Å². The highest BCUT2D eigenvalue weighted by Crippen LogP contribution is 2.31. The maximum atomic E-state index is 13.1. The molecule has 1 aliphatic heterocycles. The van der Waals surface area contributed by atoms with E-state index in [1.807, 2.05) is 0 Å². The number of nitrogens with one attached hydrogen (secondary N) is 1. The van der Waals surface area contributed by atoms with Crippen LogP contribution in [0.15, 0.2) is 18.2 Å². The quantitative estimate of drug-likeness (QED) is 0.783. The third-order valence-corrected chi connectivity index (χ3v) is 3.59. The summed E-state index contributed by atoms with van der Waals surface area (Å²) in [5.41, 5.74) is 1.75. The predicted molar refractivity (Wildman–Crippen MR) is 65.2 cm³/mol. The van der Waals surface area contributed by atoms with Crippen LogP contribution in [-0.4, -0.2) is 28.2 Å². The van der Waals surface area contributed by atoms with E-state index in [0.29, 0.717) is 11.4 Å². The molecule has 1 saturated heterocycles. The second-order valence-corrected chi connectivity index (χ2v) is 4.66. The van der Waals surface area contributed by atoms with Gasteiger partial charge in [-0.3, -0.25) is 5.10 Å². The van der Waals surface area contributed by atoms with E-state index in [1.165, 1.54) is 12.1 Å². The molecule has 0 spiro atoms. The zero-order chi connectivity index (χ0) is 12.5. The number of hydrogen-bond acceptors (Lipinski definition) is 3. The van der Waals surface area contributed by atoms with Crippen LogP contribution in [0.3, 0.4) is 0 Å². The van der Waals surface area contributed by atoms with Crippen LogP contribution in [0.1, 0.15) is 24.5 Å². The van der Waals surface area contributed by atoms with Crippen molar-refractivity contribution in [3.8, 4) is 6.19 Å². The minimum absolute atomic E-state index is 0.264. The van der Waals surface area contributed by atoms with Gasteiger partial charge in [0.25, 0.3) is 0 Å². The molecular formula is C13H13FN4. The standard InChI is InChI=1S/C13H13FN4/c14-10-1-2-11-12(7-10)16-17-13(11)9-3-5-18(8-15)6-4-9/h1-2,7,9H,3-6H2,(H,16,17). The molecule has 3 rings (SSSR count). The van der Waals surface area contributed by atoms with Crippen LogP contribution in [0.4, 0.5) is 4.39 Å². The van der Waals surface area contributed by atoms with Crippen LogP contribution in [0.5, 0.6) is 0 Å². The average molecular weight is 244 g/mol. The summed E-state index contributed by atoms with van der Waals surface area (Å²) in [7, 11) is 0. The van der Waals surface area contributed by atoms with Crippen LogP contribution in [0, 0.1) is 17.3 Å². The second kappa shape index (κ2) is 4.30. The minimum atomic E-state index is -0.264. The Morgan fingerprint density at radius 1 is 1.39 bits per heavy atom. The molecule has 5 heteroatoms. The molecule has 1 aromatic heterocycles. The fourth-order valence-electron chi connectivity index (χ4n) is 2.59. The number of hydrogen-bond donors (Lipinski definition) is 1. The average Bonchev–Trinajstić information content (AvgIpc) is 2.81. The van der Waals surface area contributed by atoms with Gasteiger partial charge in [0.15, 0.2) is 6.19 Å². The molecule has 0 radical (unpaired) electrons. The lowest BCUT2D eigenvalue weighted by Crippen LogP contribution is -2.29. The summed E-state index contributed by atoms with van der Waals surface area (Å²) in [6.45, 7) is 1.56. The lowest BCUT2D eigenvalue weighted by molar-refractivity contribution is 0.293. The van der Waals surface area contributed by atoms with Gasteiger partial charge in [-0.2, -0.15) is 10.4 Å². The molecule has 0 amide bonds. The summed E-state index contributed by atoms with van der Waals surface area (Å²) < 4.78 is 13.1. The Kier molecular flexibility index (Phi) is 2.63. The molecular weight excluding hydrogens is 231 g/mol. The number of halogens is 1. The highest BCUT2D eigenvalue weighted by Gasteiger charge is 2.23. The van der Waals surface area contributed by atoms with E-state index in [1.54, 1.807) is 11.0 Å². The number of nitriles is 1. The Bertz CT molecular complexity index is 605. The highest BCUT2D eigenvalue weighted by molar-refractivity contribution is 5.81. The number of aromatic amines is 1. The Morgan fingerprint density at radius 2 is 2.17 bits per heavy atom. The summed E-state index contributed by atoms with van der Waals surface area (Å²) in [4.78, 5) is 1.77. The molecule has 2 heterocycles. The Morgan fingerprint density at radius 3 is 2.89 bits per heavy atom. The summed E-state index contributed by atoms with van der Waals surface area (Å²) in [6, 6.07) is 4.69. The first-order valence-corrected chi connectivity index (χ1v) is 6.06. The van der Waals surface area contributed by atoms with Crippen molar-refractivity contribution in [2.45, 2.75) is 18.8 Å². The van der Waals surface area contributed by atoms with Crippen molar-refractivity contribution in [1.82, 2.24) is 15.1 Å². The van der Waals surface area contributed by atoms with Crippen molar-refractivity contribution in [2.24, 2.45) is 0 Å². The molecule has 0 saturated carbocycles. The van der Waals surface area contributed by atoms with Crippen molar-refractivity contribution in [3.63, 3.8) is 0 Å². The van der Waals surface area contributed by atoms with E-state index in [2.05, 4.69) is 16.4 Å². The van der Waals surface area contributed by atoms with E-state index in [9.17, 15) is 4.39 Å². The number of H-pyrrole nitrogens is 1. The van der Waals surface area contributed by atoms with Crippen molar-refractivity contribution in [1.29, 1.82) is 5.26 Å². The Labute approximate surface area is 104 Å². The number of benzene rings is 1. The summed E-state index contributed by atoms with van der Waals surface area (Å²) in [6.07, 6.45) is 4.04. The maximum Gasteiger partial charge on any atom is 0.179 e. The van der Waals surface area contributed by atoms with Crippen molar-refractivity contribution in [3.05, 3.63) is 29.7 Å². The molecule has 1 aliphatic rings. The molecule has 4 nitrogen and oxygen atoms in total. The number of fused-ring (bicyclic) bond motifs is 1. The molecule has 0 atom stereocenters. The summed E-state index contributed by atoms with van der Waals surface area (Å²) >= 11 is 0. The Hall–Kier alpha value is -2.09. The summed E-state index contributed by atoms with van der Waals surface area (Å²) in [5, 5.41) is 17.0. The monoisotopic (exact) mass is 244 g/mol. The van der Waals surface area contributed by atoms with Gasteiger partial charge in [0.05, 0.1) is 5.52 Å². The topological polar surface area (TPSA) is 55.7 Å². The summed E-state index contributed by atoms with van der Waals surface area (Å²) in [5.74, 6) is 0.116. The van der Waals surface area contributed by atoms with Crippen LogP contribution in [-0.2, 0) is 0 Å². The molecule has 18 heavy (non-hydrogen) atoms. The first-order chi connectivity index (χ1) is 8.78. The number of aromatic nitrogens is 2. The number of nitrogens with zero attached hydrogens (tertiary/aromatic N) is 3. The molecule has 1 aromatic carbocycles. The normalized spacial score (nSPS) is 17.0. The van der Waals surface area contributed by atoms with Gasteiger partial charge in [-0.05, 0) is 25.0 Å². The maximum absolute atomic E-state index is 13.1. The fourth-order valence-corrected chi connectivity index (χ4v) is 2.59. The van der Waals surface area contributed by atoms with E-state index in [0.717, 1.165) is 37.0 Å². The van der Waals surface area contributed by atoms with Crippen LogP contribution in [0.2, 0.25) is 0 Å². The molecule has 1 N–H and O–H groups in total. The van der Waals surface area contributed by atoms with Crippen molar-refractivity contribution < 1.29 is 4.39 Å². The van der Waals surface area contributed by atoms with E-state index in [4.69, 9.17) is 5.26 Å².